The molecule has 3 rings (SSSR count). The van der Waals surface area contributed by atoms with Gasteiger partial charge in [0.2, 0.25) is 0 Å². The van der Waals surface area contributed by atoms with Crippen LogP contribution in [0.5, 0.6) is 0 Å². The minimum atomic E-state index is -0.173. The Kier molecular flexibility index (Phi) is 2.59. The number of aromatic amines is 1. The predicted molar refractivity (Wildman–Crippen MR) is 72.2 cm³/mol. The Morgan fingerprint density at radius 1 is 1.32 bits per heavy atom. The van der Waals surface area contributed by atoms with E-state index < -0.39 is 0 Å². The second-order valence-corrected chi connectivity index (χ2v) is 4.45. The minimum Gasteiger partial charge on any atom is -0.466 e. The Labute approximate surface area is 109 Å². The number of furan rings is 1. The van der Waals surface area contributed by atoms with Crippen molar-refractivity contribution in [3.8, 4) is 0 Å². The average Bonchev–Trinajstić information content (AvgIpc) is 2.94. The largest absolute Gasteiger partial charge is 0.466 e. The lowest BCUT2D eigenvalue weighted by atomic mass is 10.2. The summed E-state index contributed by atoms with van der Waals surface area (Å²) in [5, 5.41) is 10.7. The minimum absolute atomic E-state index is 0.173. The van der Waals surface area contributed by atoms with E-state index in [2.05, 4.69) is 15.5 Å². The molecular weight excluding hydrogens is 242 g/mol. The molecule has 1 aromatic carbocycles. The fraction of sp³-hybridized carbons (Fsp3) is 0.143. The van der Waals surface area contributed by atoms with E-state index in [1.54, 1.807) is 19.2 Å². The van der Waals surface area contributed by atoms with Gasteiger partial charge in [-0.2, -0.15) is 5.10 Å². The third-order valence-electron chi connectivity index (χ3n) is 2.99. The van der Waals surface area contributed by atoms with Crippen molar-refractivity contribution in [2.75, 3.05) is 5.32 Å². The lowest BCUT2D eigenvalue weighted by Gasteiger charge is -2.04. The molecule has 0 bridgehead atoms. The van der Waals surface area contributed by atoms with Crippen molar-refractivity contribution in [2.45, 2.75) is 13.8 Å². The molecule has 96 valence electrons. The van der Waals surface area contributed by atoms with Crippen LogP contribution in [-0.4, -0.2) is 16.1 Å². The van der Waals surface area contributed by atoms with Crippen LogP contribution < -0.4 is 5.32 Å². The second-order valence-electron chi connectivity index (χ2n) is 4.45. The zero-order chi connectivity index (χ0) is 13.4. The molecule has 0 unspecified atom stereocenters. The molecule has 1 amide bonds. The Morgan fingerprint density at radius 3 is 2.89 bits per heavy atom. The van der Waals surface area contributed by atoms with Gasteiger partial charge in [0.1, 0.15) is 11.5 Å². The van der Waals surface area contributed by atoms with Gasteiger partial charge in [-0.05, 0) is 38.1 Å². The number of aryl methyl sites for hydroxylation is 2. The number of H-pyrrole nitrogens is 1. The summed E-state index contributed by atoms with van der Waals surface area (Å²) < 4.78 is 5.35. The summed E-state index contributed by atoms with van der Waals surface area (Å²) in [6, 6.07) is 7.34. The Morgan fingerprint density at radius 2 is 2.16 bits per heavy atom. The average molecular weight is 255 g/mol. The number of anilines is 1. The third-order valence-corrected chi connectivity index (χ3v) is 2.99. The van der Waals surface area contributed by atoms with Gasteiger partial charge in [-0.15, -0.1) is 0 Å². The monoisotopic (exact) mass is 255 g/mol. The number of fused-ring (bicyclic) bond motifs is 1. The molecule has 5 heteroatoms. The Hall–Kier alpha value is -2.56. The highest BCUT2D eigenvalue weighted by molar-refractivity contribution is 6.05. The fourth-order valence-electron chi connectivity index (χ4n) is 2.07. The highest BCUT2D eigenvalue weighted by atomic mass is 16.3. The number of hydrogen-bond acceptors (Lipinski definition) is 3. The van der Waals surface area contributed by atoms with E-state index in [4.69, 9.17) is 4.42 Å². The zero-order valence-corrected chi connectivity index (χ0v) is 10.7. The zero-order valence-electron chi connectivity index (χ0n) is 10.7. The number of aromatic nitrogens is 2. The Bertz CT molecular complexity index is 755. The summed E-state index contributed by atoms with van der Waals surface area (Å²) in [6.07, 6.45) is 1.74. The standard InChI is InChI=1S/C14H13N3O2/c1-8-5-12(9(2)19-8)14(18)16-11-4-3-10-7-15-17-13(10)6-11/h3-7H,1-2H3,(H,15,17)(H,16,18). The van der Waals surface area contributed by atoms with Gasteiger partial charge in [-0.3, -0.25) is 9.89 Å². The van der Waals surface area contributed by atoms with E-state index in [0.717, 1.165) is 22.4 Å². The molecule has 0 saturated carbocycles. The molecule has 19 heavy (non-hydrogen) atoms. The molecule has 2 N–H and O–H groups in total. The van der Waals surface area contributed by atoms with Crippen LogP contribution in [0.4, 0.5) is 5.69 Å². The summed E-state index contributed by atoms with van der Waals surface area (Å²) in [4.78, 5) is 12.1. The number of rotatable bonds is 2. The lowest BCUT2D eigenvalue weighted by Crippen LogP contribution is -2.11. The van der Waals surface area contributed by atoms with Crippen LogP contribution >= 0.6 is 0 Å². The maximum atomic E-state index is 12.1. The van der Waals surface area contributed by atoms with E-state index in [0.29, 0.717) is 11.3 Å². The topological polar surface area (TPSA) is 70.9 Å². The number of benzene rings is 1. The first-order chi connectivity index (χ1) is 9.13. The first-order valence-electron chi connectivity index (χ1n) is 5.95. The van der Waals surface area contributed by atoms with Crippen LogP contribution in [0, 0.1) is 13.8 Å². The van der Waals surface area contributed by atoms with Crippen molar-refractivity contribution in [2.24, 2.45) is 0 Å². The molecule has 0 aliphatic rings. The molecule has 3 aromatic rings. The molecule has 2 aromatic heterocycles. The van der Waals surface area contributed by atoms with Gasteiger partial charge < -0.3 is 9.73 Å². The van der Waals surface area contributed by atoms with Crippen LogP contribution in [0.3, 0.4) is 0 Å². The van der Waals surface area contributed by atoms with Crippen molar-refractivity contribution in [1.82, 2.24) is 10.2 Å². The summed E-state index contributed by atoms with van der Waals surface area (Å²) in [5.74, 6) is 1.18. The Balaban J connectivity index is 1.88. The van der Waals surface area contributed by atoms with Gasteiger partial charge in [0, 0.05) is 11.1 Å². The fourth-order valence-corrected chi connectivity index (χ4v) is 2.07. The van der Waals surface area contributed by atoms with Gasteiger partial charge >= 0.3 is 0 Å². The summed E-state index contributed by atoms with van der Waals surface area (Å²) in [6.45, 7) is 3.60. The maximum absolute atomic E-state index is 12.1. The van der Waals surface area contributed by atoms with E-state index in [1.165, 1.54) is 0 Å². The molecule has 0 saturated heterocycles. The SMILES string of the molecule is Cc1cc(C(=O)Nc2ccc3cn[nH]c3c2)c(C)o1. The van der Waals surface area contributed by atoms with Crippen LogP contribution in [0.15, 0.2) is 34.9 Å². The van der Waals surface area contributed by atoms with Gasteiger partial charge in [-0.25, -0.2) is 0 Å². The molecule has 0 aliphatic heterocycles. The lowest BCUT2D eigenvalue weighted by molar-refractivity contribution is 0.102. The number of nitrogens with zero attached hydrogens (tertiary/aromatic N) is 1. The maximum Gasteiger partial charge on any atom is 0.259 e. The number of amides is 1. The van der Waals surface area contributed by atoms with E-state index in [9.17, 15) is 4.79 Å². The number of carbonyl (C=O) groups is 1. The summed E-state index contributed by atoms with van der Waals surface area (Å²) in [5.41, 5.74) is 2.17. The van der Waals surface area contributed by atoms with Crippen LogP contribution in [0.25, 0.3) is 10.9 Å². The molecule has 0 fully saturated rings. The molecule has 2 heterocycles. The number of carbonyl (C=O) groups excluding carboxylic acids is 1. The van der Waals surface area contributed by atoms with Crippen molar-refractivity contribution in [1.29, 1.82) is 0 Å². The van der Waals surface area contributed by atoms with E-state index >= 15 is 0 Å². The third kappa shape index (κ3) is 2.10. The highest BCUT2D eigenvalue weighted by Gasteiger charge is 2.13. The van der Waals surface area contributed by atoms with E-state index in [1.807, 2.05) is 25.1 Å². The predicted octanol–water partition coefficient (Wildman–Crippen LogP) is 3.03. The summed E-state index contributed by atoms with van der Waals surface area (Å²) in [7, 11) is 0. The van der Waals surface area contributed by atoms with E-state index in [-0.39, 0.29) is 5.91 Å². The second kappa shape index (κ2) is 4.28. The van der Waals surface area contributed by atoms with Crippen molar-refractivity contribution >= 4 is 22.5 Å². The van der Waals surface area contributed by atoms with Gasteiger partial charge in [0.15, 0.2) is 0 Å². The quantitative estimate of drug-likeness (QED) is 0.739. The first kappa shape index (κ1) is 11.5. The van der Waals surface area contributed by atoms with Gasteiger partial charge in [0.25, 0.3) is 5.91 Å². The van der Waals surface area contributed by atoms with Crippen LogP contribution in [0.2, 0.25) is 0 Å². The van der Waals surface area contributed by atoms with Gasteiger partial charge in [-0.1, -0.05) is 0 Å². The smallest absolute Gasteiger partial charge is 0.259 e. The normalized spacial score (nSPS) is 10.8. The molecule has 0 spiro atoms. The molecule has 0 aliphatic carbocycles. The molecule has 5 nitrogen and oxygen atoms in total. The number of hydrogen-bond donors (Lipinski definition) is 2. The molecular formula is C14H13N3O2. The van der Waals surface area contributed by atoms with Crippen molar-refractivity contribution in [3.05, 3.63) is 47.5 Å². The van der Waals surface area contributed by atoms with Crippen molar-refractivity contribution in [3.63, 3.8) is 0 Å². The van der Waals surface area contributed by atoms with Crippen LogP contribution in [-0.2, 0) is 0 Å². The molecule has 0 atom stereocenters. The van der Waals surface area contributed by atoms with Crippen molar-refractivity contribution < 1.29 is 9.21 Å². The van der Waals surface area contributed by atoms with Gasteiger partial charge in [0.05, 0.1) is 17.3 Å². The molecule has 0 radical (unpaired) electrons. The number of nitrogens with one attached hydrogen (secondary N) is 2. The highest BCUT2D eigenvalue weighted by Crippen LogP contribution is 2.19. The first-order valence-corrected chi connectivity index (χ1v) is 5.95. The summed E-state index contributed by atoms with van der Waals surface area (Å²) >= 11 is 0. The van der Waals surface area contributed by atoms with Crippen LogP contribution in [0.1, 0.15) is 21.9 Å².